The van der Waals surface area contributed by atoms with Crippen LogP contribution in [0.3, 0.4) is 0 Å². The molecular weight excluding hydrogens is 294 g/mol. The smallest absolute Gasteiger partial charge is 0.277 e. The predicted molar refractivity (Wildman–Crippen MR) is 86.6 cm³/mol. The molecule has 126 valence electrons. The molecule has 1 aliphatic carbocycles. The summed E-state index contributed by atoms with van der Waals surface area (Å²) in [5.74, 6) is -0.152. The molecular formula is C17H25N3O3. The summed E-state index contributed by atoms with van der Waals surface area (Å²) in [5.41, 5.74) is 1.51. The maximum atomic E-state index is 13.1. The minimum Gasteiger partial charge on any atom is -0.374 e. The number of fused-ring (bicyclic) bond motifs is 1. The van der Waals surface area contributed by atoms with Crippen molar-refractivity contribution in [3.8, 4) is 0 Å². The lowest BCUT2D eigenvalue weighted by Crippen LogP contribution is -2.55. The first-order valence-corrected chi connectivity index (χ1v) is 8.70. The Bertz CT molecular complexity index is 638. The predicted octanol–water partition coefficient (Wildman–Crippen LogP) is 1.68. The number of aromatic nitrogens is 2. The average molecular weight is 319 g/mol. The summed E-state index contributed by atoms with van der Waals surface area (Å²) in [5, 5.41) is 6.61. The summed E-state index contributed by atoms with van der Waals surface area (Å²) in [6.07, 6.45) is 5.69. The Morgan fingerprint density at radius 1 is 1.30 bits per heavy atom. The maximum absolute atomic E-state index is 13.1. The zero-order valence-electron chi connectivity index (χ0n) is 13.9. The highest BCUT2D eigenvalue weighted by molar-refractivity contribution is 5.95. The van der Waals surface area contributed by atoms with E-state index in [2.05, 4.69) is 10.2 Å². The topological polar surface area (TPSA) is 75.3 Å². The molecule has 0 aromatic carbocycles. The van der Waals surface area contributed by atoms with Gasteiger partial charge < -0.3 is 9.64 Å². The molecule has 6 nitrogen and oxygen atoms in total. The second-order valence-electron chi connectivity index (χ2n) is 6.32. The molecule has 2 heterocycles. The van der Waals surface area contributed by atoms with Crippen LogP contribution in [0.15, 0.2) is 4.79 Å². The largest absolute Gasteiger partial charge is 0.374 e. The van der Waals surface area contributed by atoms with E-state index in [0.717, 1.165) is 36.9 Å². The number of hydrogen-bond acceptors (Lipinski definition) is 4. The Balaban J connectivity index is 1.98. The van der Waals surface area contributed by atoms with Crippen molar-refractivity contribution < 1.29 is 9.53 Å². The number of morpholine rings is 1. The monoisotopic (exact) mass is 319 g/mol. The Morgan fingerprint density at radius 2 is 2.09 bits per heavy atom. The van der Waals surface area contributed by atoms with Gasteiger partial charge in [-0.15, -0.1) is 0 Å². The molecule has 6 heteroatoms. The maximum Gasteiger partial charge on any atom is 0.277 e. The SMILES string of the molecule is CCc1n[nH]c(=O)c(C(=O)N2CCO[C@H]3CCCC[C@H]32)c1CC. The van der Waals surface area contributed by atoms with Crippen LogP contribution in [-0.4, -0.2) is 46.3 Å². The zero-order chi connectivity index (χ0) is 16.4. The molecule has 2 atom stereocenters. The van der Waals surface area contributed by atoms with Crippen LogP contribution in [0.5, 0.6) is 0 Å². The van der Waals surface area contributed by atoms with Crippen molar-refractivity contribution >= 4 is 5.91 Å². The van der Waals surface area contributed by atoms with Crippen molar-refractivity contribution in [2.24, 2.45) is 0 Å². The molecule has 0 bridgehead atoms. The number of carbonyl (C=O) groups excluding carboxylic acids is 1. The average Bonchev–Trinajstić information content (AvgIpc) is 2.60. The molecule has 0 unspecified atom stereocenters. The van der Waals surface area contributed by atoms with Gasteiger partial charge in [-0.3, -0.25) is 9.59 Å². The van der Waals surface area contributed by atoms with Crippen LogP contribution in [-0.2, 0) is 17.6 Å². The van der Waals surface area contributed by atoms with Gasteiger partial charge in [-0.25, -0.2) is 5.10 Å². The number of ether oxygens (including phenoxy) is 1. The highest BCUT2D eigenvalue weighted by Gasteiger charge is 2.38. The number of amides is 1. The van der Waals surface area contributed by atoms with Crippen molar-refractivity contribution in [3.63, 3.8) is 0 Å². The van der Waals surface area contributed by atoms with Gasteiger partial charge in [0.25, 0.3) is 11.5 Å². The number of aryl methyl sites for hydroxylation is 1. The summed E-state index contributed by atoms with van der Waals surface area (Å²) < 4.78 is 5.84. The fourth-order valence-corrected chi connectivity index (χ4v) is 3.91. The first-order valence-electron chi connectivity index (χ1n) is 8.70. The third kappa shape index (κ3) is 2.92. The molecule has 1 aromatic heterocycles. The highest BCUT2D eigenvalue weighted by atomic mass is 16.5. The number of H-pyrrole nitrogens is 1. The van der Waals surface area contributed by atoms with E-state index in [4.69, 9.17) is 4.74 Å². The van der Waals surface area contributed by atoms with Gasteiger partial charge in [0.15, 0.2) is 0 Å². The van der Waals surface area contributed by atoms with Crippen LogP contribution in [0, 0.1) is 0 Å². The van der Waals surface area contributed by atoms with Gasteiger partial charge in [0.1, 0.15) is 5.56 Å². The third-order valence-electron chi connectivity index (χ3n) is 5.06. The molecule has 1 aliphatic heterocycles. The third-order valence-corrected chi connectivity index (χ3v) is 5.06. The van der Waals surface area contributed by atoms with E-state index in [1.54, 1.807) is 0 Å². The Hall–Kier alpha value is -1.69. The quantitative estimate of drug-likeness (QED) is 0.920. The summed E-state index contributed by atoms with van der Waals surface area (Å²) in [6, 6.07) is 0.104. The van der Waals surface area contributed by atoms with Gasteiger partial charge in [0.2, 0.25) is 0 Å². The molecule has 2 fully saturated rings. The van der Waals surface area contributed by atoms with Gasteiger partial charge in [-0.2, -0.15) is 5.10 Å². The molecule has 1 saturated heterocycles. The van der Waals surface area contributed by atoms with Crippen molar-refractivity contribution in [2.75, 3.05) is 13.2 Å². The van der Waals surface area contributed by atoms with Crippen molar-refractivity contribution in [3.05, 3.63) is 27.2 Å². The van der Waals surface area contributed by atoms with E-state index in [0.29, 0.717) is 26.0 Å². The summed E-state index contributed by atoms with van der Waals surface area (Å²) in [7, 11) is 0. The minimum atomic E-state index is -0.372. The fourth-order valence-electron chi connectivity index (χ4n) is 3.91. The molecule has 0 radical (unpaired) electrons. The van der Waals surface area contributed by atoms with Crippen LogP contribution in [0.2, 0.25) is 0 Å². The second-order valence-corrected chi connectivity index (χ2v) is 6.32. The summed E-state index contributed by atoms with van der Waals surface area (Å²) >= 11 is 0. The van der Waals surface area contributed by atoms with Crippen molar-refractivity contribution in [2.45, 2.75) is 64.5 Å². The second kappa shape index (κ2) is 6.83. The standard InChI is InChI=1S/C17H25N3O3/c1-3-11-12(4-2)18-19-16(21)15(11)17(22)20-9-10-23-14-8-6-5-7-13(14)20/h13-14H,3-10H2,1-2H3,(H,19,21)/t13-,14+/m1/s1. The normalized spacial score (nSPS) is 24.3. The Labute approximate surface area is 136 Å². The molecule has 1 saturated carbocycles. The lowest BCUT2D eigenvalue weighted by Gasteiger charge is -2.43. The van der Waals surface area contributed by atoms with Crippen molar-refractivity contribution in [1.29, 1.82) is 0 Å². The van der Waals surface area contributed by atoms with E-state index >= 15 is 0 Å². The molecule has 1 amide bonds. The van der Waals surface area contributed by atoms with E-state index < -0.39 is 0 Å². The lowest BCUT2D eigenvalue weighted by atomic mass is 9.89. The number of hydrogen-bond donors (Lipinski definition) is 1. The van der Waals surface area contributed by atoms with E-state index in [1.807, 2.05) is 18.7 Å². The van der Waals surface area contributed by atoms with Gasteiger partial charge >= 0.3 is 0 Å². The molecule has 23 heavy (non-hydrogen) atoms. The van der Waals surface area contributed by atoms with Gasteiger partial charge in [-0.05, 0) is 31.2 Å². The van der Waals surface area contributed by atoms with Crippen LogP contribution < -0.4 is 5.56 Å². The van der Waals surface area contributed by atoms with E-state index in [1.165, 1.54) is 0 Å². The highest BCUT2D eigenvalue weighted by Crippen LogP contribution is 2.29. The van der Waals surface area contributed by atoms with Crippen LogP contribution >= 0.6 is 0 Å². The Morgan fingerprint density at radius 3 is 2.83 bits per heavy atom. The van der Waals surface area contributed by atoms with Crippen molar-refractivity contribution in [1.82, 2.24) is 15.1 Å². The minimum absolute atomic E-state index is 0.104. The first-order chi connectivity index (χ1) is 11.2. The zero-order valence-corrected chi connectivity index (χ0v) is 13.9. The van der Waals surface area contributed by atoms with Crippen LogP contribution in [0.1, 0.15) is 61.1 Å². The fraction of sp³-hybridized carbons (Fsp3) is 0.706. The first kappa shape index (κ1) is 16.2. The number of carbonyl (C=O) groups is 1. The van der Waals surface area contributed by atoms with Crippen LogP contribution in [0.4, 0.5) is 0 Å². The number of nitrogens with zero attached hydrogens (tertiary/aromatic N) is 2. The number of nitrogens with one attached hydrogen (secondary N) is 1. The molecule has 1 aromatic rings. The Kier molecular flexibility index (Phi) is 4.80. The lowest BCUT2D eigenvalue weighted by molar-refractivity contribution is -0.0753. The summed E-state index contributed by atoms with van der Waals surface area (Å²) in [6.45, 7) is 5.07. The van der Waals surface area contributed by atoms with Gasteiger partial charge in [0, 0.05) is 6.54 Å². The number of rotatable bonds is 3. The van der Waals surface area contributed by atoms with Gasteiger partial charge in [-0.1, -0.05) is 26.7 Å². The van der Waals surface area contributed by atoms with E-state index in [9.17, 15) is 9.59 Å². The van der Waals surface area contributed by atoms with Gasteiger partial charge in [0.05, 0.1) is 24.4 Å². The molecule has 0 spiro atoms. The van der Waals surface area contributed by atoms with Crippen LogP contribution in [0.25, 0.3) is 0 Å². The number of aromatic amines is 1. The molecule has 1 N–H and O–H groups in total. The molecule has 2 aliphatic rings. The summed E-state index contributed by atoms with van der Waals surface area (Å²) in [4.78, 5) is 27.3. The van der Waals surface area contributed by atoms with E-state index in [-0.39, 0.29) is 29.2 Å². The molecule has 3 rings (SSSR count).